The number of hydrogen-bond donors (Lipinski definition) is 0. The fourth-order valence-corrected chi connectivity index (χ4v) is 11.2. The number of pyridine rings is 1. The van der Waals surface area contributed by atoms with E-state index in [0.29, 0.717) is 0 Å². The Balaban J connectivity index is 1.20. The lowest BCUT2D eigenvalue weighted by Gasteiger charge is -2.46. The van der Waals surface area contributed by atoms with Crippen LogP contribution in [0.1, 0.15) is 22.3 Å². The van der Waals surface area contributed by atoms with Gasteiger partial charge in [0.05, 0.1) is 33.7 Å². The zero-order valence-corrected chi connectivity index (χ0v) is 32.9. The van der Waals surface area contributed by atoms with Crippen LogP contribution in [0.25, 0.3) is 64.2 Å². The molecule has 1 aliphatic heterocycles. The first-order chi connectivity index (χ1) is 29.3. The standard InChI is InChI=1S/C56H36N2S/c1-4-20-37(21-5-1)54-44-36-43(55-53(42-28-12-19-35-51(42)59-55)52(44)41-27-10-15-31-47(41)57-54)40-26-11-16-32-48(40)58-49-33-17-13-29-45(49)56(38-22-6-2-7-23-38,39-24-8-3-9-25-39)46-30-14-18-34-50(46)58/h1-36H. The fraction of sp³-hybridized carbons (Fsp3) is 0.0179. The molecule has 0 amide bonds. The molecule has 12 rings (SSSR count). The van der Waals surface area contributed by atoms with Gasteiger partial charge in [0.15, 0.2) is 0 Å². The minimum Gasteiger partial charge on any atom is -0.309 e. The van der Waals surface area contributed by atoms with Gasteiger partial charge in [-0.2, -0.15) is 0 Å². The van der Waals surface area contributed by atoms with E-state index >= 15 is 0 Å². The van der Waals surface area contributed by atoms with Gasteiger partial charge in [0, 0.05) is 53.0 Å². The van der Waals surface area contributed by atoms with Crippen LogP contribution in [0, 0.1) is 0 Å². The molecule has 3 heteroatoms. The molecule has 2 nitrogen and oxygen atoms in total. The molecule has 0 radical (unpaired) electrons. The quantitative estimate of drug-likeness (QED) is 0.162. The van der Waals surface area contributed by atoms with Gasteiger partial charge >= 0.3 is 0 Å². The highest BCUT2D eigenvalue weighted by Gasteiger charge is 2.46. The maximum Gasteiger partial charge on any atom is 0.0788 e. The highest BCUT2D eigenvalue weighted by molar-refractivity contribution is 7.26. The topological polar surface area (TPSA) is 16.1 Å². The van der Waals surface area contributed by atoms with Gasteiger partial charge in [-0.3, -0.25) is 0 Å². The second-order valence-electron chi connectivity index (χ2n) is 15.4. The second kappa shape index (κ2) is 13.4. The average Bonchev–Trinajstić information content (AvgIpc) is 3.71. The predicted octanol–water partition coefficient (Wildman–Crippen LogP) is 15.3. The molecule has 0 bridgehead atoms. The Morgan fingerprint density at radius 3 is 1.61 bits per heavy atom. The Morgan fingerprint density at radius 1 is 0.407 bits per heavy atom. The Labute approximate surface area is 346 Å². The molecule has 2 aromatic heterocycles. The van der Waals surface area contributed by atoms with Crippen molar-refractivity contribution in [1.29, 1.82) is 0 Å². The summed E-state index contributed by atoms with van der Waals surface area (Å²) in [7, 11) is 0. The highest BCUT2D eigenvalue weighted by Crippen LogP contribution is 2.59. The maximum absolute atomic E-state index is 5.42. The van der Waals surface area contributed by atoms with Gasteiger partial charge in [-0.1, -0.05) is 182 Å². The molecule has 9 aromatic carbocycles. The zero-order valence-electron chi connectivity index (χ0n) is 32.1. The minimum absolute atomic E-state index is 0.542. The van der Waals surface area contributed by atoms with Crippen LogP contribution in [-0.4, -0.2) is 4.98 Å². The largest absolute Gasteiger partial charge is 0.309 e. The maximum atomic E-state index is 5.42. The van der Waals surface area contributed by atoms with E-state index < -0.39 is 5.41 Å². The van der Waals surface area contributed by atoms with E-state index in [0.717, 1.165) is 39.2 Å². The number of fused-ring (bicyclic) bond motifs is 9. The summed E-state index contributed by atoms with van der Waals surface area (Å²) in [6, 6.07) is 79.8. The molecule has 0 N–H and O–H groups in total. The summed E-state index contributed by atoms with van der Waals surface area (Å²) in [5.41, 5.74) is 13.4. The van der Waals surface area contributed by atoms with Crippen molar-refractivity contribution in [2.24, 2.45) is 0 Å². The summed E-state index contributed by atoms with van der Waals surface area (Å²) in [6.07, 6.45) is 0. The Kier molecular flexibility index (Phi) is 7.66. The van der Waals surface area contributed by atoms with Crippen LogP contribution >= 0.6 is 11.3 Å². The smallest absolute Gasteiger partial charge is 0.0788 e. The third-order valence-electron chi connectivity index (χ3n) is 12.3. The Hall–Kier alpha value is -7.33. The summed E-state index contributed by atoms with van der Waals surface area (Å²) < 4.78 is 2.56. The number of thiophene rings is 1. The number of rotatable bonds is 5. The van der Waals surface area contributed by atoms with Crippen molar-refractivity contribution in [2.45, 2.75) is 5.41 Å². The molecule has 0 fully saturated rings. The molecule has 0 saturated heterocycles. The number of hydrogen-bond acceptors (Lipinski definition) is 3. The monoisotopic (exact) mass is 768 g/mol. The van der Waals surface area contributed by atoms with Gasteiger partial charge in [-0.05, 0) is 58.7 Å². The SMILES string of the molecule is c1ccc(-c2nc3ccccc3c3c2cc(-c2ccccc2N2c4ccccc4C(c4ccccc4)(c4ccccc4)c4ccccc42)c2sc4ccccc4c23)cc1. The zero-order chi connectivity index (χ0) is 38.9. The van der Waals surface area contributed by atoms with Crippen LogP contribution in [0.2, 0.25) is 0 Å². The summed E-state index contributed by atoms with van der Waals surface area (Å²) in [5, 5.41) is 6.15. The predicted molar refractivity (Wildman–Crippen MR) is 250 cm³/mol. The van der Waals surface area contributed by atoms with E-state index in [1.807, 2.05) is 11.3 Å². The number of aromatic nitrogens is 1. The number of benzene rings is 9. The van der Waals surface area contributed by atoms with Gasteiger partial charge in [0.25, 0.3) is 0 Å². The molecular weight excluding hydrogens is 733 g/mol. The first-order valence-corrected chi connectivity index (χ1v) is 21.0. The molecule has 0 unspecified atom stereocenters. The molecule has 0 atom stereocenters. The Bertz CT molecular complexity index is 3300. The molecule has 0 spiro atoms. The van der Waals surface area contributed by atoms with Crippen LogP contribution < -0.4 is 4.90 Å². The van der Waals surface area contributed by atoms with Crippen molar-refractivity contribution in [3.8, 4) is 22.4 Å². The van der Waals surface area contributed by atoms with Crippen LogP contribution in [-0.2, 0) is 5.41 Å². The van der Waals surface area contributed by atoms with E-state index in [1.165, 1.54) is 64.3 Å². The Morgan fingerprint density at radius 2 is 0.932 bits per heavy atom. The van der Waals surface area contributed by atoms with E-state index in [2.05, 4.69) is 223 Å². The number of para-hydroxylation sites is 4. The molecule has 3 heterocycles. The highest BCUT2D eigenvalue weighted by atomic mass is 32.1. The van der Waals surface area contributed by atoms with Crippen molar-refractivity contribution in [3.05, 3.63) is 241 Å². The van der Waals surface area contributed by atoms with Crippen LogP contribution in [0.5, 0.6) is 0 Å². The van der Waals surface area contributed by atoms with E-state index in [9.17, 15) is 0 Å². The normalized spacial score (nSPS) is 13.2. The lowest BCUT2D eigenvalue weighted by atomic mass is 9.62. The van der Waals surface area contributed by atoms with Crippen molar-refractivity contribution in [3.63, 3.8) is 0 Å². The number of nitrogens with zero attached hydrogens (tertiary/aromatic N) is 2. The van der Waals surface area contributed by atoms with Crippen LogP contribution in [0.15, 0.2) is 218 Å². The summed E-state index contributed by atoms with van der Waals surface area (Å²) >= 11 is 1.89. The van der Waals surface area contributed by atoms with Gasteiger partial charge in [0.1, 0.15) is 0 Å². The van der Waals surface area contributed by atoms with Crippen LogP contribution in [0.4, 0.5) is 17.1 Å². The first-order valence-electron chi connectivity index (χ1n) is 20.2. The molecule has 11 aromatic rings. The molecule has 59 heavy (non-hydrogen) atoms. The summed E-state index contributed by atoms with van der Waals surface area (Å²) in [4.78, 5) is 7.94. The first kappa shape index (κ1) is 33.8. The fourth-order valence-electron chi connectivity index (χ4n) is 9.91. The summed E-state index contributed by atoms with van der Waals surface area (Å²) in [6.45, 7) is 0. The van der Waals surface area contributed by atoms with Gasteiger partial charge < -0.3 is 4.90 Å². The van der Waals surface area contributed by atoms with Crippen molar-refractivity contribution in [1.82, 2.24) is 4.98 Å². The molecule has 1 aliphatic rings. The molecular formula is C56H36N2S. The summed E-state index contributed by atoms with van der Waals surface area (Å²) in [5.74, 6) is 0. The van der Waals surface area contributed by atoms with Gasteiger partial charge in [0.2, 0.25) is 0 Å². The molecule has 0 saturated carbocycles. The lowest BCUT2D eigenvalue weighted by molar-refractivity contribution is 0.731. The van der Waals surface area contributed by atoms with Gasteiger partial charge in [-0.25, -0.2) is 4.98 Å². The van der Waals surface area contributed by atoms with Crippen molar-refractivity contribution >= 4 is 70.2 Å². The third-order valence-corrected chi connectivity index (χ3v) is 13.5. The average molecular weight is 769 g/mol. The molecule has 0 aliphatic carbocycles. The second-order valence-corrected chi connectivity index (χ2v) is 16.4. The van der Waals surface area contributed by atoms with Gasteiger partial charge in [-0.15, -0.1) is 11.3 Å². The van der Waals surface area contributed by atoms with E-state index in [4.69, 9.17) is 4.98 Å². The minimum atomic E-state index is -0.542. The number of anilines is 3. The van der Waals surface area contributed by atoms with Crippen molar-refractivity contribution in [2.75, 3.05) is 4.90 Å². The third kappa shape index (κ3) is 4.95. The lowest BCUT2D eigenvalue weighted by Crippen LogP contribution is -2.37. The van der Waals surface area contributed by atoms with E-state index in [1.54, 1.807) is 0 Å². The van der Waals surface area contributed by atoms with Crippen LogP contribution in [0.3, 0.4) is 0 Å². The van der Waals surface area contributed by atoms with Crippen molar-refractivity contribution < 1.29 is 0 Å². The van der Waals surface area contributed by atoms with E-state index in [-0.39, 0.29) is 0 Å². The molecule has 276 valence electrons.